The van der Waals surface area contributed by atoms with E-state index in [0.29, 0.717) is 21.7 Å². The largest absolute Gasteiger partial charge is 0.393 e. The van der Waals surface area contributed by atoms with Gasteiger partial charge in [-0.1, -0.05) is 54.9 Å². The van der Waals surface area contributed by atoms with Crippen LogP contribution < -0.4 is 0 Å². The van der Waals surface area contributed by atoms with E-state index in [4.69, 9.17) is 0 Å². The molecule has 6 fully saturated rings. The van der Waals surface area contributed by atoms with Crippen molar-refractivity contribution in [3.05, 3.63) is 0 Å². The lowest BCUT2D eigenvalue weighted by Gasteiger charge is -2.65. The van der Waals surface area contributed by atoms with Gasteiger partial charge in [0.1, 0.15) is 0 Å². The fraction of sp³-hybridized carbons (Fsp3) is 1.00. The van der Waals surface area contributed by atoms with Crippen molar-refractivity contribution in [2.45, 2.75) is 125 Å². The van der Waals surface area contributed by atoms with Gasteiger partial charge in [-0.05, 0) is 133 Å². The van der Waals surface area contributed by atoms with Crippen molar-refractivity contribution in [2.24, 2.45) is 68.5 Å². The molecule has 0 aliphatic heterocycles. The molecular formula is C31H52O. The predicted octanol–water partition coefficient (Wildman–Crippen LogP) is 8.10. The van der Waals surface area contributed by atoms with Gasteiger partial charge in [-0.2, -0.15) is 0 Å². The SMILES string of the molecule is CC(C)C1CC[C@@H](C)[C@H]2CC[C@@]3(C)[C@@H]4CC(C1)[C@H]1C(C)(C)[C@@H](O)CC[C@@]15C[C@@]45CC[C@]23C. The van der Waals surface area contributed by atoms with Crippen molar-refractivity contribution in [3.63, 3.8) is 0 Å². The third kappa shape index (κ3) is 2.42. The molecule has 1 heteroatoms. The standard InChI is InChI=1S/C31H52O/c1-19(2)21-9-8-20(3)23-10-12-29(7)24-17-22(16-21)26-27(4,5)25(32)11-13-31(26)18-30(24,31)15-14-28(23,29)6/h19-26,32H,8-18H2,1-7H3/t20-,21?,22?,23-,24+,25+,26+,28-,29+,30+,31-/m1/s1. The predicted molar refractivity (Wildman–Crippen MR) is 133 cm³/mol. The zero-order valence-corrected chi connectivity index (χ0v) is 22.3. The van der Waals surface area contributed by atoms with Crippen molar-refractivity contribution >= 4 is 0 Å². The lowest BCUT2D eigenvalue weighted by molar-refractivity contribution is -0.183. The topological polar surface area (TPSA) is 20.2 Å². The van der Waals surface area contributed by atoms with Crippen LogP contribution in [0.4, 0.5) is 0 Å². The number of fused-ring (bicyclic) bond motifs is 2. The van der Waals surface area contributed by atoms with Gasteiger partial charge in [0.25, 0.3) is 0 Å². The smallest absolute Gasteiger partial charge is 0.0594 e. The van der Waals surface area contributed by atoms with E-state index in [2.05, 4.69) is 48.5 Å². The highest BCUT2D eigenvalue weighted by atomic mass is 16.3. The minimum atomic E-state index is -0.0941. The lowest BCUT2D eigenvalue weighted by atomic mass is 9.40. The van der Waals surface area contributed by atoms with E-state index >= 15 is 0 Å². The van der Waals surface area contributed by atoms with Crippen LogP contribution >= 0.6 is 0 Å². The molecule has 0 saturated heterocycles. The molecule has 0 heterocycles. The van der Waals surface area contributed by atoms with Gasteiger partial charge in [0, 0.05) is 0 Å². The summed E-state index contributed by atoms with van der Waals surface area (Å²) in [5.74, 6) is 6.04. The maximum absolute atomic E-state index is 11.3. The Balaban J connectivity index is 1.51. The monoisotopic (exact) mass is 440 g/mol. The van der Waals surface area contributed by atoms with Gasteiger partial charge in [-0.3, -0.25) is 0 Å². The Morgan fingerprint density at radius 1 is 0.781 bits per heavy atom. The third-order valence-corrected chi connectivity index (χ3v) is 14.5. The van der Waals surface area contributed by atoms with Crippen LogP contribution in [0, 0.1) is 68.5 Å². The van der Waals surface area contributed by atoms with E-state index in [0.717, 1.165) is 47.8 Å². The quantitative estimate of drug-likeness (QED) is 0.436. The van der Waals surface area contributed by atoms with Crippen LogP contribution in [0.3, 0.4) is 0 Å². The molecule has 2 spiro atoms. The van der Waals surface area contributed by atoms with Crippen molar-refractivity contribution in [3.8, 4) is 0 Å². The molecule has 0 aromatic heterocycles. The van der Waals surface area contributed by atoms with Crippen molar-refractivity contribution in [1.29, 1.82) is 0 Å². The van der Waals surface area contributed by atoms with Crippen molar-refractivity contribution < 1.29 is 5.11 Å². The highest BCUT2D eigenvalue weighted by Gasteiger charge is 2.83. The molecule has 2 unspecified atom stereocenters. The molecular weight excluding hydrogens is 388 g/mol. The maximum atomic E-state index is 11.3. The molecule has 1 N–H and O–H groups in total. The van der Waals surface area contributed by atoms with E-state index in [1.54, 1.807) is 0 Å². The molecule has 0 radical (unpaired) electrons. The van der Waals surface area contributed by atoms with E-state index < -0.39 is 0 Å². The van der Waals surface area contributed by atoms with Crippen LogP contribution in [0.1, 0.15) is 119 Å². The summed E-state index contributed by atoms with van der Waals surface area (Å²) in [5, 5.41) is 11.3. The minimum absolute atomic E-state index is 0.0895. The van der Waals surface area contributed by atoms with E-state index in [1.807, 2.05) is 0 Å². The molecule has 0 aromatic carbocycles. The van der Waals surface area contributed by atoms with Crippen LogP contribution in [-0.4, -0.2) is 11.2 Å². The van der Waals surface area contributed by atoms with E-state index in [-0.39, 0.29) is 11.5 Å². The average molecular weight is 441 g/mol. The van der Waals surface area contributed by atoms with Crippen LogP contribution in [0.25, 0.3) is 0 Å². The number of hydrogen-bond donors (Lipinski definition) is 1. The van der Waals surface area contributed by atoms with Crippen LogP contribution in [0.5, 0.6) is 0 Å². The van der Waals surface area contributed by atoms with Gasteiger partial charge in [0.15, 0.2) is 0 Å². The van der Waals surface area contributed by atoms with Gasteiger partial charge in [0.05, 0.1) is 6.10 Å². The summed E-state index contributed by atoms with van der Waals surface area (Å²) in [6.45, 7) is 18.1. The number of hydrogen-bond acceptors (Lipinski definition) is 1. The first-order valence-corrected chi connectivity index (χ1v) is 14.6. The van der Waals surface area contributed by atoms with Gasteiger partial charge in [-0.15, -0.1) is 0 Å². The Hall–Kier alpha value is -0.0400. The summed E-state index contributed by atoms with van der Waals surface area (Å²) < 4.78 is 0. The molecule has 1 nitrogen and oxygen atoms in total. The number of aliphatic hydroxyl groups excluding tert-OH is 1. The summed E-state index contributed by atoms with van der Waals surface area (Å²) in [5.41, 5.74) is 2.39. The van der Waals surface area contributed by atoms with Crippen LogP contribution in [0.15, 0.2) is 0 Å². The molecule has 32 heavy (non-hydrogen) atoms. The van der Waals surface area contributed by atoms with Gasteiger partial charge < -0.3 is 5.11 Å². The first kappa shape index (κ1) is 22.4. The Bertz CT molecular complexity index is 783. The lowest BCUT2D eigenvalue weighted by Crippen LogP contribution is -2.60. The summed E-state index contributed by atoms with van der Waals surface area (Å²) in [4.78, 5) is 0. The first-order valence-electron chi connectivity index (χ1n) is 14.6. The molecule has 6 saturated carbocycles. The summed E-state index contributed by atoms with van der Waals surface area (Å²) in [6.07, 6.45) is 15.6. The molecule has 6 aliphatic rings. The van der Waals surface area contributed by atoms with Crippen molar-refractivity contribution in [1.82, 2.24) is 0 Å². The zero-order valence-electron chi connectivity index (χ0n) is 22.3. The molecule has 182 valence electrons. The second kappa shape index (κ2) is 6.59. The van der Waals surface area contributed by atoms with Gasteiger partial charge in [0.2, 0.25) is 0 Å². The molecule has 5 bridgehead atoms. The maximum Gasteiger partial charge on any atom is 0.0594 e. The molecule has 6 rings (SSSR count). The second-order valence-electron chi connectivity index (χ2n) is 15.7. The summed E-state index contributed by atoms with van der Waals surface area (Å²) >= 11 is 0. The van der Waals surface area contributed by atoms with E-state index in [9.17, 15) is 5.11 Å². The normalized spacial score (nSPS) is 60.5. The summed E-state index contributed by atoms with van der Waals surface area (Å²) in [6, 6.07) is 0. The fourth-order valence-electron chi connectivity index (χ4n) is 12.6. The zero-order chi connectivity index (χ0) is 22.9. The van der Waals surface area contributed by atoms with Gasteiger partial charge >= 0.3 is 0 Å². The first-order chi connectivity index (χ1) is 14.9. The Kier molecular flexibility index (Phi) is 4.62. The Morgan fingerprint density at radius 3 is 2.25 bits per heavy atom. The van der Waals surface area contributed by atoms with Gasteiger partial charge in [-0.25, -0.2) is 0 Å². The molecule has 0 aromatic rings. The average Bonchev–Trinajstić information content (AvgIpc) is 3.29. The minimum Gasteiger partial charge on any atom is -0.393 e. The second-order valence-corrected chi connectivity index (χ2v) is 15.7. The molecule has 11 atom stereocenters. The highest BCUT2D eigenvalue weighted by Crippen LogP contribution is 2.90. The van der Waals surface area contributed by atoms with Crippen molar-refractivity contribution in [2.75, 3.05) is 0 Å². The van der Waals surface area contributed by atoms with Crippen LogP contribution in [0.2, 0.25) is 0 Å². The molecule has 0 amide bonds. The van der Waals surface area contributed by atoms with Crippen LogP contribution in [-0.2, 0) is 0 Å². The third-order valence-electron chi connectivity index (χ3n) is 14.5. The highest BCUT2D eigenvalue weighted by molar-refractivity contribution is 5.31. The Morgan fingerprint density at radius 2 is 1.53 bits per heavy atom. The van der Waals surface area contributed by atoms with E-state index in [1.165, 1.54) is 64.2 Å². The Labute approximate surface area is 198 Å². The number of rotatable bonds is 1. The fourth-order valence-corrected chi connectivity index (χ4v) is 12.6. The number of aliphatic hydroxyl groups is 1. The molecule has 6 aliphatic carbocycles. The summed E-state index contributed by atoms with van der Waals surface area (Å²) in [7, 11) is 0.